The Balaban J connectivity index is 4.22. The molecule has 0 N–H and O–H groups in total. The third-order valence-electron chi connectivity index (χ3n) is 13.3. The predicted molar refractivity (Wildman–Crippen MR) is 320 cm³/mol. The lowest BCUT2D eigenvalue weighted by Gasteiger charge is -2.18. The zero-order valence-corrected chi connectivity index (χ0v) is 48.6. The topological polar surface area (TPSA) is 78.9 Å². The molecule has 424 valence electrons. The van der Waals surface area contributed by atoms with E-state index in [2.05, 4.69) is 118 Å². The molecule has 0 aromatic rings. The average Bonchev–Trinajstić information content (AvgIpc) is 3.40. The smallest absolute Gasteiger partial charge is 0.306 e. The van der Waals surface area contributed by atoms with Gasteiger partial charge in [0.05, 0.1) is 0 Å². The normalized spacial score (nSPS) is 12.7. The molecule has 0 aliphatic heterocycles. The van der Waals surface area contributed by atoms with Crippen molar-refractivity contribution in [3.05, 3.63) is 97.2 Å². The van der Waals surface area contributed by atoms with E-state index in [0.717, 1.165) is 122 Å². The van der Waals surface area contributed by atoms with Gasteiger partial charge in [0, 0.05) is 19.3 Å². The SMILES string of the molecule is CC/C=C\C/C=C\C/C=C\C/C=C\C/C=C\C/C=C\C/C=C\CCCCCCCCCCCC(=O)OCC(COC(=O)CCCCCCCCCCCCC)OC(=O)CCCCCCC/C=C\CCCCCCC. The van der Waals surface area contributed by atoms with Crippen LogP contribution in [0.1, 0.15) is 297 Å². The maximum Gasteiger partial charge on any atom is 0.306 e. The Hall–Kier alpha value is -3.67. The molecule has 0 aliphatic carbocycles. The molecule has 0 spiro atoms. The Labute approximate surface area is 457 Å². The summed E-state index contributed by atoms with van der Waals surface area (Å²) in [5.41, 5.74) is 0. The van der Waals surface area contributed by atoms with Crippen LogP contribution in [0.5, 0.6) is 0 Å². The molecule has 0 aromatic carbocycles. The summed E-state index contributed by atoms with van der Waals surface area (Å²) in [5.74, 6) is -0.888. The van der Waals surface area contributed by atoms with E-state index >= 15 is 0 Å². The Kier molecular flexibility index (Phi) is 58.8. The van der Waals surface area contributed by atoms with Crippen molar-refractivity contribution in [2.24, 2.45) is 0 Å². The van der Waals surface area contributed by atoms with Crippen LogP contribution in [0.4, 0.5) is 0 Å². The van der Waals surface area contributed by atoms with Crippen LogP contribution in [-0.4, -0.2) is 37.2 Å². The minimum atomic E-state index is -0.782. The average molecular weight is 1030 g/mol. The number of allylic oxidation sites excluding steroid dienone is 16. The van der Waals surface area contributed by atoms with Crippen LogP contribution in [0.25, 0.3) is 0 Å². The van der Waals surface area contributed by atoms with Gasteiger partial charge in [-0.3, -0.25) is 14.4 Å². The van der Waals surface area contributed by atoms with Crippen molar-refractivity contribution < 1.29 is 28.6 Å². The van der Waals surface area contributed by atoms with E-state index in [9.17, 15) is 14.4 Å². The molecule has 6 heteroatoms. The van der Waals surface area contributed by atoms with E-state index in [1.807, 2.05) is 0 Å². The first-order chi connectivity index (χ1) is 36.5. The van der Waals surface area contributed by atoms with Gasteiger partial charge in [-0.05, 0) is 103 Å². The summed E-state index contributed by atoms with van der Waals surface area (Å²) in [7, 11) is 0. The number of hydrogen-bond acceptors (Lipinski definition) is 6. The van der Waals surface area contributed by atoms with Crippen molar-refractivity contribution in [1.82, 2.24) is 0 Å². The minimum absolute atomic E-state index is 0.0795. The summed E-state index contributed by atoms with van der Waals surface area (Å²) in [4.78, 5) is 38.2. The minimum Gasteiger partial charge on any atom is -0.462 e. The molecule has 6 nitrogen and oxygen atoms in total. The Morgan fingerprint density at radius 3 is 0.838 bits per heavy atom. The van der Waals surface area contributed by atoms with Crippen LogP contribution >= 0.6 is 0 Å². The van der Waals surface area contributed by atoms with Crippen LogP contribution in [-0.2, 0) is 28.6 Å². The van der Waals surface area contributed by atoms with Gasteiger partial charge >= 0.3 is 17.9 Å². The third-order valence-corrected chi connectivity index (χ3v) is 13.3. The molecule has 0 radical (unpaired) electrons. The largest absolute Gasteiger partial charge is 0.462 e. The van der Waals surface area contributed by atoms with Gasteiger partial charge in [0.2, 0.25) is 0 Å². The quantitative estimate of drug-likeness (QED) is 0.0261. The summed E-state index contributed by atoms with van der Waals surface area (Å²) in [6.45, 7) is 6.51. The lowest BCUT2D eigenvalue weighted by atomic mass is 10.1. The zero-order chi connectivity index (χ0) is 53.6. The van der Waals surface area contributed by atoms with Gasteiger partial charge in [-0.25, -0.2) is 0 Å². The Morgan fingerprint density at radius 2 is 0.527 bits per heavy atom. The van der Waals surface area contributed by atoms with E-state index in [0.29, 0.717) is 19.3 Å². The van der Waals surface area contributed by atoms with Crippen LogP contribution in [0.15, 0.2) is 97.2 Å². The highest BCUT2D eigenvalue weighted by Crippen LogP contribution is 2.16. The highest BCUT2D eigenvalue weighted by atomic mass is 16.6. The summed E-state index contributed by atoms with van der Waals surface area (Å²) in [6, 6.07) is 0. The van der Waals surface area contributed by atoms with E-state index in [1.54, 1.807) is 0 Å². The number of carbonyl (C=O) groups excluding carboxylic acids is 3. The molecule has 74 heavy (non-hydrogen) atoms. The first-order valence-corrected chi connectivity index (χ1v) is 31.2. The highest BCUT2D eigenvalue weighted by Gasteiger charge is 2.19. The fourth-order valence-electron chi connectivity index (χ4n) is 8.65. The second kappa shape index (κ2) is 61.9. The van der Waals surface area contributed by atoms with E-state index in [-0.39, 0.29) is 31.1 Å². The molecular weight excluding hydrogens is 913 g/mol. The van der Waals surface area contributed by atoms with E-state index < -0.39 is 6.10 Å². The van der Waals surface area contributed by atoms with Gasteiger partial charge in [-0.2, -0.15) is 0 Å². The number of carbonyl (C=O) groups is 3. The van der Waals surface area contributed by atoms with Crippen molar-refractivity contribution in [1.29, 1.82) is 0 Å². The monoisotopic (exact) mass is 1030 g/mol. The second-order valence-corrected chi connectivity index (χ2v) is 20.6. The lowest BCUT2D eigenvalue weighted by Crippen LogP contribution is -2.30. The van der Waals surface area contributed by atoms with Crippen LogP contribution in [0.2, 0.25) is 0 Å². The van der Waals surface area contributed by atoms with Crippen molar-refractivity contribution in [2.45, 2.75) is 303 Å². The Bertz CT molecular complexity index is 1460. The maximum absolute atomic E-state index is 12.8. The van der Waals surface area contributed by atoms with Crippen molar-refractivity contribution in [3.63, 3.8) is 0 Å². The number of unbranched alkanes of at least 4 members (excludes halogenated alkanes) is 29. The summed E-state index contributed by atoms with van der Waals surface area (Å²) in [6.07, 6.45) is 82.7. The van der Waals surface area contributed by atoms with Crippen LogP contribution in [0, 0.1) is 0 Å². The third kappa shape index (κ3) is 59.2. The highest BCUT2D eigenvalue weighted by molar-refractivity contribution is 5.71. The van der Waals surface area contributed by atoms with E-state index in [4.69, 9.17) is 14.2 Å². The summed E-state index contributed by atoms with van der Waals surface area (Å²) >= 11 is 0. The fraction of sp³-hybridized carbons (Fsp3) is 0.721. The molecule has 0 saturated heterocycles. The van der Waals surface area contributed by atoms with Crippen molar-refractivity contribution in [3.8, 4) is 0 Å². The summed E-state index contributed by atoms with van der Waals surface area (Å²) < 4.78 is 16.9. The second-order valence-electron chi connectivity index (χ2n) is 20.6. The number of rotatable bonds is 56. The molecule has 0 heterocycles. The first-order valence-electron chi connectivity index (χ1n) is 31.2. The van der Waals surface area contributed by atoms with Gasteiger partial charge in [0.1, 0.15) is 13.2 Å². The number of ether oxygens (including phenoxy) is 3. The van der Waals surface area contributed by atoms with Crippen LogP contribution in [0.3, 0.4) is 0 Å². The van der Waals surface area contributed by atoms with Gasteiger partial charge in [-0.1, -0.05) is 272 Å². The molecule has 0 fully saturated rings. The zero-order valence-electron chi connectivity index (χ0n) is 48.6. The lowest BCUT2D eigenvalue weighted by molar-refractivity contribution is -0.167. The molecular formula is C68H116O6. The molecule has 0 rings (SSSR count). The predicted octanol–water partition coefficient (Wildman–Crippen LogP) is 21.3. The molecule has 0 bridgehead atoms. The van der Waals surface area contributed by atoms with Gasteiger partial charge in [-0.15, -0.1) is 0 Å². The molecule has 0 saturated carbocycles. The standard InChI is InChI=1S/C68H116O6/c1-4-7-10-13-16-19-22-24-26-27-28-29-30-31-32-33-34-35-36-37-38-39-40-41-42-44-46-49-52-55-58-61-67(70)73-64-65(63-72-66(69)60-57-54-51-48-45-21-18-15-12-9-6-3)74-68(71)62-59-56-53-50-47-43-25-23-20-17-14-11-8-5-2/h7,10,16,19,23-26,28-29,31-32,34-35,37-38,65H,4-6,8-9,11-15,17-18,20-22,27,30,33,36,39-64H2,1-3H3/b10-7-,19-16-,25-23-,26-24-,29-28-,32-31-,35-34-,38-37-. The van der Waals surface area contributed by atoms with Crippen molar-refractivity contribution >= 4 is 17.9 Å². The van der Waals surface area contributed by atoms with Gasteiger partial charge < -0.3 is 14.2 Å². The van der Waals surface area contributed by atoms with Gasteiger partial charge in [0.15, 0.2) is 6.10 Å². The maximum atomic E-state index is 12.8. The molecule has 1 atom stereocenters. The Morgan fingerprint density at radius 1 is 0.284 bits per heavy atom. The first kappa shape index (κ1) is 70.3. The number of esters is 3. The molecule has 0 amide bonds. The molecule has 0 aromatic heterocycles. The van der Waals surface area contributed by atoms with E-state index in [1.165, 1.54) is 135 Å². The summed E-state index contributed by atoms with van der Waals surface area (Å²) in [5, 5.41) is 0. The van der Waals surface area contributed by atoms with Crippen LogP contribution < -0.4 is 0 Å². The van der Waals surface area contributed by atoms with Gasteiger partial charge in [0.25, 0.3) is 0 Å². The number of hydrogen-bond donors (Lipinski definition) is 0. The molecule has 0 aliphatic rings. The fourth-order valence-corrected chi connectivity index (χ4v) is 8.65. The molecule has 1 unspecified atom stereocenters. The van der Waals surface area contributed by atoms with Crippen molar-refractivity contribution in [2.75, 3.05) is 13.2 Å².